The van der Waals surface area contributed by atoms with Crippen molar-refractivity contribution in [2.24, 2.45) is 5.41 Å². The number of nitrogens with zero attached hydrogens (tertiary/aromatic N) is 1. The highest BCUT2D eigenvalue weighted by atomic mass is 16.3. The lowest BCUT2D eigenvalue weighted by Gasteiger charge is -2.37. The Morgan fingerprint density at radius 1 is 1.12 bits per heavy atom. The predicted octanol–water partition coefficient (Wildman–Crippen LogP) is 2.10. The van der Waals surface area contributed by atoms with Gasteiger partial charge in [0.05, 0.1) is 6.61 Å². The molecule has 0 amide bonds. The fraction of sp³-hybridized carbons (Fsp3) is 1.00. The molecule has 0 saturated carbocycles. The van der Waals surface area contributed by atoms with Crippen LogP contribution < -0.4 is 5.32 Å². The van der Waals surface area contributed by atoms with Crippen LogP contribution in [0.2, 0.25) is 0 Å². The van der Waals surface area contributed by atoms with Crippen LogP contribution in [0.5, 0.6) is 0 Å². The molecule has 2 N–H and O–H groups in total. The maximum atomic E-state index is 9.08. The van der Waals surface area contributed by atoms with Crippen LogP contribution in [0.3, 0.4) is 0 Å². The molecule has 0 aliphatic carbocycles. The van der Waals surface area contributed by atoms with E-state index >= 15 is 0 Å². The molecule has 0 rings (SSSR count). The topological polar surface area (TPSA) is 35.5 Å². The lowest BCUT2D eigenvalue weighted by atomic mass is 9.90. The third-order valence-corrected chi connectivity index (χ3v) is 2.85. The Labute approximate surface area is 108 Å². The maximum absolute atomic E-state index is 9.08. The van der Waals surface area contributed by atoms with E-state index in [9.17, 15) is 0 Å². The Hall–Kier alpha value is -0.120. The molecule has 0 aliphatic rings. The quantitative estimate of drug-likeness (QED) is 0.720. The Morgan fingerprint density at radius 2 is 1.65 bits per heavy atom. The van der Waals surface area contributed by atoms with Crippen molar-refractivity contribution in [3.05, 3.63) is 0 Å². The zero-order chi connectivity index (χ0) is 13.7. The Bertz CT molecular complexity index is 207. The summed E-state index contributed by atoms with van der Waals surface area (Å²) in [4.78, 5) is 2.34. The summed E-state index contributed by atoms with van der Waals surface area (Å²) in [5, 5.41) is 12.6. The summed E-state index contributed by atoms with van der Waals surface area (Å²) in [6, 6.07) is 0.482. The molecule has 104 valence electrons. The molecule has 17 heavy (non-hydrogen) atoms. The van der Waals surface area contributed by atoms with E-state index in [0.717, 1.165) is 19.6 Å². The van der Waals surface area contributed by atoms with E-state index < -0.39 is 0 Å². The van der Waals surface area contributed by atoms with Crippen LogP contribution in [-0.4, -0.2) is 47.8 Å². The van der Waals surface area contributed by atoms with E-state index in [0.29, 0.717) is 6.04 Å². The molecule has 0 saturated heterocycles. The van der Waals surface area contributed by atoms with E-state index in [4.69, 9.17) is 5.11 Å². The van der Waals surface area contributed by atoms with Crippen molar-refractivity contribution >= 4 is 0 Å². The molecular weight excluding hydrogens is 212 g/mol. The summed E-state index contributed by atoms with van der Waals surface area (Å²) in [7, 11) is 0. The molecule has 0 aromatic heterocycles. The standard InChI is InChI=1S/C14H32N2O/c1-12(2)16(8-9-17)11-14(6,7)10-15-13(3,4)5/h12,15,17H,8-11H2,1-7H3. The highest BCUT2D eigenvalue weighted by molar-refractivity contribution is 4.81. The van der Waals surface area contributed by atoms with Gasteiger partial charge >= 0.3 is 0 Å². The molecule has 0 bridgehead atoms. The monoisotopic (exact) mass is 244 g/mol. The molecule has 0 spiro atoms. The third kappa shape index (κ3) is 8.58. The largest absolute Gasteiger partial charge is 0.395 e. The van der Waals surface area contributed by atoms with Gasteiger partial charge in [0.15, 0.2) is 0 Å². The fourth-order valence-electron chi connectivity index (χ4n) is 1.76. The van der Waals surface area contributed by atoms with Crippen molar-refractivity contribution in [3.8, 4) is 0 Å². The second-order valence-electron chi connectivity index (χ2n) is 7.06. The van der Waals surface area contributed by atoms with Crippen LogP contribution in [0.4, 0.5) is 0 Å². The van der Waals surface area contributed by atoms with Crippen LogP contribution in [0.15, 0.2) is 0 Å². The molecule has 0 aliphatic heterocycles. The lowest BCUT2D eigenvalue weighted by molar-refractivity contribution is 0.111. The summed E-state index contributed by atoms with van der Waals surface area (Å²) in [5.74, 6) is 0. The SMILES string of the molecule is CC(C)N(CCO)CC(C)(C)CNC(C)(C)C. The Morgan fingerprint density at radius 3 is 2.00 bits per heavy atom. The first kappa shape index (κ1) is 16.9. The maximum Gasteiger partial charge on any atom is 0.0558 e. The van der Waals surface area contributed by atoms with Crippen molar-refractivity contribution in [3.63, 3.8) is 0 Å². The summed E-state index contributed by atoms with van der Waals surface area (Å²) in [6.45, 7) is 18.5. The summed E-state index contributed by atoms with van der Waals surface area (Å²) in [5.41, 5.74) is 0.379. The van der Waals surface area contributed by atoms with E-state index in [-0.39, 0.29) is 17.6 Å². The second kappa shape index (κ2) is 6.72. The van der Waals surface area contributed by atoms with Gasteiger partial charge in [0, 0.05) is 31.2 Å². The van der Waals surface area contributed by atoms with Crippen LogP contribution >= 0.6 is 0 Å². The van der Waals surface area contributed by atoms with Crippen molar-refractivity contribution in [1.82, 2.24) is 10.2 Å². The number of aliphatic hydroxyl groups excluding tert-OH is 1. The Balaban J connectivity index is 4.29. The molecule has 0 aromatic rings. The van der Waals surface area contributed by atoms with Crippen molar-refractivity contribution in [2.75, 3.05) is 26.2 Å². The molecule has 0 radical (unpaired) electrons. The average Bonchev–Trinajstić information content (AvgIpc) is 2.13. The van der Waals surface area contributed by atoms with Crippen LogP contribution in [0, 0.1) is 5.41 Å². The van der Waals surface area contributed by atoms with E-state index in [1.54, 1.807) is 0 Å². The van der Waals surface area contributed by atoms with Crippen molar-refractivity contribution < 1.29 is 5.11 Å². The predicted molar refractivity (Wildman–Crippen MR) is 75.3 cm³/mol. The minimum atomic E-state index is 0.164. The molecule has 3 nitrogen and oxygen atoms in total. The zero-order valence-electron chi connectivity index (χ0n) is 12.8. The highest BCUT2D eigenvalue weighted by Crippen LogP contribution is 2.18. The molecule has 0 aromatic carbocycles. The van der Waals surface area contributed by atoms with Crippen LogP contribution in [0.1, 0.15) is 48.5 Å². The molecule has 0 atom stereocenters. The van der Waals surface area contributed by atoms with Gasteiger partial charge in [0.1, 0.15) is 0 Å². The number of hydrogen-bond donors (Lipinski definition) is 2. The summed E-state index contributed by atoms with van der Waals surface area (Å²) < 4.78 is 0. The van der Waals surface area contributed by atoms with Gasteiger partial charge in [-0.1, -0.05) is 13.8 Å². The van der Waals surface area contributed by atoms with Gasteiger partial charge in [-0.25, -0.2) is 0 Å². The van der Waals surface area contributed by atoms with Gasteiger partial charge in [-0.15, -0.1) is 0 Å². The first-order valence-electron chi connectivity index (χ1n) is 6.67. The van der Waals surface area contributed by atoms with Crippen molar-refractivity contribution in [1.29, 1.82) is 0 Å². The summed E-state index contributed by atoms with van der Waals surface area (Å²) >= 11 is 0. The van der Waals surface area contributed by atoms with Gasteiger partial charge in [-0.05, 0) is 40.0 Å². The molecule has 0 unspecified atom stereocenters. The lowest BCUT2D eigenvalue weighted by Crippen LogP contribution is -2.48. The van der Waals surface area contributed by atoms with Crippen LogP contribution in [0.25, 0.3) is 0 Å². The van der Waals surface area contributed by atoms with Gasteiger partial charge in [-0.3, -0.25) is 4.90 Å². The van der Waals surface area contributed by atoms with Crippen LogP contribution in [-0.2, 0) is 0 Å². The van der Waals surface area contributed by atoms with Gasteiger partial charge < -0.3 is 10.4 Å². The Kier molecular flexibility index (Phi) is 6.67. The first-order valence-corrected chi connectivity index (χ1v) is 6.67. The van der Waals surface area contributed by atoms with Gasteiger partial charge in [0.25, 0.3) is 0 Å². The number of nitrogens with one attached hydrogen (secondary N) is 1. The number of aliphatic hydroxyl groups is 1. The van der Waals surface area contributed by atoms with E-state index in [1.807, 2.05) is 0 Å². The zero-order valence-corrected chi connectivity index (χ0v) is 12.8. The van der Waals surface area contributed by atoms with Crippen molar-refractivity contribution in [2.45, 2.75) is 60.0 Å². The van der Waals surface area contributed by atoms with E-state index in [1.165, 1.54) is 0 Å². The number of rotatable bonds is 7. The minimum absolute atomic E-state index is 0.164. The molecule has 0 heterocycles. The minimum Gasteiger partial charge on any atom is -0.395 e. The first-order chi connectivity index (χ1) is 7.57. The molecule has 3 heteroatoms. The van der Waals surface area contributed by atoms with E-state index in [2.05, 4.69) is 58.7 Å². The average molecular weight is 244 g/mol. The number of hydrogen-bond acceptors (Lipinski definition) is 3. The smallest absolute Gasteiger partial charge is 0.0558 e. The third-order valence-electron chi connectivity index (χ3n) is 2.85. The van der Waals surface area contributed by atoms with Gasteiger partial charge in [-0.2, -0.15) is 0 Å². The fourth-order valence-corrected chi connectivity index (χ4v) is 1.76. The second-order valence-corrected chi connectivity index (χ2v) is 7.06. The highest BCUT2D eigenvalue weighted by Gasteiger charge is 2.24. The molecular formula is C14H32N2O. The normalized spacial score (nSPS) is 13.8. The summed E-state index contributed by atoms with van der Waals surface area (Å²) in [6.07, 6.45) is 0. The van der Waals surface area contributed by atoms with Gasteiger partial charge in [0.2, 0.25) is 0 Å². The molecule has 0 fully saturated rings.